The number of rotatable bonds is 6. The predicted molar refractivity (Wildman–Crippen MR) is 122 cm³/mol. The minimum absolute atomic E-state index is 0.00226. The molecule has 11 nitrogen and oxygen atoms in total. The lowest BCUT2D eigenvalue weighted by atomic mass is 10.0. The summed E-state index contributed by atoms with van der Waals surface area (Å²) in [5.41, 5.74) is 0.168. The number of nitro benzene ring substituents is 2. The third kappa shape index (κ3) is 3.14. The average Bonchev–Trinajstić information content (AvgIpc) is 3.42. The van der Waals surface area contributed by atoms with E-state index >= 15 is 0 Å². The van der Waals surface area contributed by atoms with Gasteiger partial charge in [0.25, 0.3) is 11.4 Å². The Morgan fingerprint density at radius 2 is 1.68 bits per heavy atom. The van der Waals surface area contributed by atoms with Gasteiger partial charge in [-0.15, -0.1) is 0 Å². The Bertz CT molecular complexity index is 1600. The number of nitrogens with zero attached hydrogens (tertiary/aromatic N) is 5. The van der Waals surface area contributed by atoms with E-state index in [-0.39, 0.29) is 22.1 Å². The maximum atomic E-state index is 13.5. The van der Waals surface area contributed by atoms with Crippen molar-refractivity contribution in [3.05, 3.63) is 105 Å². The number of ketones is 1. The highest BCUT2D eigenvalue weighted by atomic mass is 16.6. The van der Waals surface area contributed by atoms with Crippen molar-refractivity contribution in [2.45, 2.75) is 0 Å². The highest BCUT2D eigenvalue weighted by Gasteiger charge is 2.31. The van der Waals surface area contributed by atoms with Crippen molar-refractivity contribution >= 4 is 33.6 Å². The molecule has 0 aliphatic rings. The van der Waals surface area contributed by atoms with Crippen LogP contribution in [0.5, 0.6) is 5.75 Å². The lowest BCUT2D eigenvalue weighted by molar-refractivity contribution is -0.393. The normalized spacial score (nSPS) is 11.1. The molecule has 34 heavy (non-hydrogen) atoms. The number of carbonyl (C=O) groups excluding carboxylic acids is 1. The number of nitro groups is 2. The number of benzene rings is 3. The van der Waals surface area contributed by atoms with Crippen molar-refractivity contribution in [2.75, 3.05) is 7.11 Å². The van der Waals surface area contributed by atoms with Gasteiger partial charge in [-0.25, -0.2) is 4.68 Å². The topological polar surface area (TPSA) is 135 Å². The first-order valence-corrected chi connectivity index (χ1v) is 9.99. The number of hydrogen-bond donors (Lipinski definition) is 0. The first kappa shape index (κ1) is 20.8. The summed E-state index contributed by atoms with van der Waals surface area (Å²) in [6, 6.07) is 17.2. The van der Waals surface area contributed by atoms with E-state index in [0.29, 0.717) is 17.0 Å². The zero-order chi connectivity index (χ0) is 24.0. The second-order valence-electron chi connectivity index (χ2n) is 7.38. The highest BCUT2D eigenvalue weighted by Crippen LogP contribution is 2.39. The van der Waals surface area contributed by atoms with Gasteiger partial charge in [0.2, 0.25) is 5.78 Å². The largest absolute Gasteiger partial charge is 0.497 e. The van der Waals surface area contributed by atoms with E-state index in [2.05, 4.69) is 5.10 Å². The summed E-state index contributed by atoms with van der Waals surface area (Å²) in [4.78, 5) is 35.6. The molecule has 0 aliphatic carbocycles. The lowest BCUT2D eigenvalue weighted by Gasteiger charge is -2.04. The summed E-state index contributed by atoms with van der Waals surface area (Å²) in [6.45, 7) is 0. The Kier molecular flexibility index (Phi) is 4.79. The SMILES string of the molecule is COc1ccc(-n2ncn3c(C(=O)c4ccccc4)c4c([N+](=O)[O-])cc([N+](=O)[O-])cc4c23)cc1. The molecule has 5 rings (SSSR count). The van der Waals surface area contributed by atoms with E-state index in [4.69, 9.17) is 4.74 Å². The fraction of sp³-hybridized carbons (Fsp3) is 0.0435. The van der Waals surface area contributed by atoms with Gasteiger partial charge in [0.1, 0.15) is 23.4 Å². The van der Waals surface area contributed by atoms with Gasteiger partial charge in [-0.05, 0) is 24.3 Å². The van der Waals surface area contributed by atoms with E-state index in [1.165, 1.54) is 28.6 Å². The number of aromatic nitrogens is 3. The molecule has 0 radical (unpaired) electrons. The van der Waals surface area contributed by atoms with Crippen molar-refractivity contribution in [3.8, 4) is 11.4 Å². The Balaban J connectivity index is 1.91. The molecule has 2 heterocycles. The zero-order valence-corrected chi connectivity index (χ0v) is 17.6. The van der Waals surface area contributed by atoms with Crippen LogP contribution in [0.4, 0.5) is 11.4 Å². The van der Waals surface area contributed by atoms with Gasteiger partial charge in [0.05, 0.1) is 34.1 Å². The summed E-state index contributed by atoms with van der Waals surface area (Å²) < 4.78 is 8.08. The van der Waals surface area contributed by atoms with Crippen molar-refractivity contribution in [2.24, 2.45) is 0 Å². The van der Waals surface area contributed by atoms with Crippen LogP contribution in [0.2, 0.25) is 0 Å². The summed E-state index contributed by atoms with van der Waals surface area (Å²) in [5, 5.41) is 28.0. The van der Waals surface area contributed by atoms with Crippen LogP contribution >= 0.6 is 0 Å². The Labute approximate surface area is 190 Å². The van der Waals surface area contributed by atoms with Gasteiger partial charge in [-0.1, -0.05) is 30.3 Å². The quantitative estimate of drug-likeness (QED) is 0.210. The zero-order valence-electron chi connectivity index (χ0n) is 17.6. The van der Waals surface area contributed by atoms with Gasteiger partial charge < -0.3 is 4.74 Å². The summed E-state index contributed by atoms with van der Waals surface area (Å²) in [5.74, 6) is 0.134. The summed E-state index contributed by atoms with van der Waals surface area (Å²) in [7, 11) is 1.53. The molecule has 168 valence electrons. The van der Waals surface area contributed by atoms with E-state index < -0.39 is 27.0 Å². The van der Waals surface area contributed by atoms with E-state index in [1.54, 1.807) is 54.6 Å². The molecule has 2 aromatic heterocycles. The maximum Gasteiger partial charge on any atom is 0.286 e. The number of non-ortho nitro benzene ring substituents is 2. The van der Waals surface area contributed by atoms with Crippen LogP contribution in [0.3, 0.4) is 0 Å². The van der Waals surface area contributed by atoms with Gasteiger partial charge in [-0.3, -0.25) is 29.4 Å². The molecule has 11 heteroatoms. The van der Waals surface area contributed by atoms with Crippen molar-refractivity contribution in [1.29, 1.82) is 0 Å². The molecule has 0 unspecified atom stereocenters. The third-order valence-electron chi connectivity index (χ3n) is 5.51. The first-order valence-electron chi connectivity index (χ1n) is 9.99. The molecule has 0 N–H and O–H groups in total. The van der Waals surface area contributed by atoms with Crippen molar-refractivity contribution in [1.82, 2.24) is 14.2 Å². The number of hydrogen-bond acceptors (Lipinski definition) is 7. The Morgan fingerprint density at radius 3 is 2.29 bits per heavy atom. The second-order valence-corrected chi connectivity index (χ2v) is 7.38. The van der Waals surface area contributed by atoms with Crippen LogP contribution in [0.1, 0.15) is 16.1 Å². The van der Waals surface area contributed by atoms with Crippen LogP contribution in [0.25, 0.3) is 22.1 Å². The van der Waals surface area contributed by atoms with Gasteiger partial charge in [0.15, 0.2) is 0 Å². The van der Waals surface area contributed by atoms with Crippen molar-refractivity contribution in [3.63, 3.8) is 0 Å². The Hall–Kier alpha value is -5.06. The molecule has 0 saturated heterocycles. The van der Waals surface area contributed by atoms with E-state index in [0.717, 1.165) is 6.07 Å². The summed E-state index contributed by atoms with van der Waals surface area (Å²) in [6.07, 6.45) is 1.37. The number of ether oxygens (including phenoxy) is 1. The molecular weight excluding hydrogens is 442 g/mol. The van der Waals surface area contributed by atoms with Crippen molar-refractivity contribution < 1.29 is 19.4 Å². The monoisotopic (exact) mass is 457 g/mol. The number of methoxy groups -OCH3 is 1. The van der Waals surface area contributed by atoms with Crippen LogP contribution < -0.4 is 4.74 Å². The molecule has 0 spiro atoms. The first-order chi connectivity index (χ1) is 16.4. The predicted octanol–water partition coefficient (Wildman–Crippen LogP) is 4.33. The van der Waals surface area contributed by atoms with E-state index in [9.17, 15) is 25.0 Å². The van der Waals surface area contributed by atoms with Gasteiger partial charge in [0, 0.05) is 17.0 Å². The fourth-order valence-electron chi connectivity index (χ4n) is 3.99. The Morgan fingerprint density at radius 1 is 0.971 bits per heavy atom. The molecular formula is C23H15N5O6. The molecule has 3 aromatic carbocycles. The van der Waals surface area contributed by atoms with Crippen LogP contribution in [0, 0.1) is 20.2 Å². The molecule has 0 saturated carbocycles. The fourth-order valence-corrected chi connectivity index (χ4v) is 3.99. The molecule has 0 atom stereocenters. The number of fused-ring (bicyclic) bond motifs is 3. The van der Waals surface area contributed by atoms with E-state index in [1.807, 2.05) is 0 Å². The van der Waals surface area contributed by atoms with Crippen LogP contribution in [0.15, 0.2) is 73.1 Å². The minimum atomic E-state index is -0.721. The average molecular weight is 457 g/mol. The highest BCUT2D eigenvalue weighted by molar-refractivity contribution is 6.21. The maximum absolute atomic E-state index is 13.5. The molecule has 0 aliphatic heterocycles. The second kappa shape index (κ2) is 7.81. The minimum Gasteiger partial charge on any atom is -0.497 e. The standard InChI is InChI=1S/C23H15N5O6/c1-34-17-9-7-15(8-10-17)26-23-18-11-16(27(30)31)12-19(28(32)33)20(18)21(25(23)13-24-26)22(29)14-5-3-2-4-6-14/h2-13H,1H3. The smallest absolute Gasteiger partial charge is 0.286 e. The third-order valence-corrected chi connectivity index (χ3v) is 5.51. The summed E-state index contributed by atoms with van der Waals surface area (Å²) >= 11 is 0. The molecule has 0 amide bonds. The molecule has 0 fully saturated rings. The lowest BCUT2D eigenvalue weighted by Crippen LogP contribution is -2.06. The van der Waals surface area contributed by atoms with Crippen LogP contribution in [-0.2, 0) is 0 Å². The van der Waals surface area contributed by atoms with Crippen LogP contribution in [-0.4, -0.2) is 36.9 Å². The molecule has 5 aromatic rings. The number of carbonyl (C=O) groups is 1. The molecule has 0 bridgehead atoms. The van der Waals surface area contributed by atoms with Gasteiger partial charge >= 0.3 is 0 Å². The van der Waals surface area contributed by atoms with Gasteiger partial charge in [-0.2, -0.15) is 5.10 Å².